The van der Waals surface area contributed by atoms with Crippen LogP contribution in [-0.2, 0) is 4.79 Å². The number of nitrogens with zero attached hydrogens (tertiary/aromatic N) is 1. The topological polar surface area (TPSA) is 58.9 Å². The number of fused-ring (bicyclic) bond motifs is 1. The van der Waals surface area contributed by atoms with Gasteiger partial charge in [-0.15, -0.1) is 11.8 Å². The quantitative estimate of drug-likeness (QED) is 0.853. The summed E-state index contributed by atoms with van der Waals surface area (Å²) in [5.74, 6) is 1.83. The average Bonchev–Trinajstić information content (AvgIpc) is 2.45. The highest BCUT2D eigenvalue weighted by atomic mass is 32.2. The van der Waals surface area contributed by atoms with Crippen LogP contribution >= 0.6 is 11.8 Å². The van der Waals surface area contributed by atoms with Crippen molar-refractivity contribution in [2.45, 2.75) is 13.8 Å². The molecule has 0 atom stereocenters. The van der Waals surface area contributed by atoms with Crippen LogP contribution in [0.25, 0.3) is 0 Å². The lowest BCUT2D eigenvalue weighted by Gasteiger charge is -2.23. The van der Waals surface area contributed by atoms with Gasteiger partial charge in [-0.05, 0) is 43.2 Å². The molecule has 1 N–H and O–H groups in total. The largest absolute Gasteiger partial charge is 0.504 e. The van der Waals surface area contributed by atoms with Crippen molar-refractivity contribution < 1.29 is 14.6 Å². The lowest BCUT2D eigenvalue weighted by molar-refractivity contribution is -0.108. The molecule has 4 nitrogen and oxygen atoms in total. The number of ketones is 1. The van der Waals surface area contributed by atoms with E-state index in [1.807, 2.05) is 19.9 Å². The van der Waals surface area contributed by atoms with Crippen LogP contribution in [0.15, 0.2) is 45.5 Å². The Morgan fingerprint density at radius 2 is 2.14 bits per heavy atom. The van der Waals surface area contributed by atoms with Gasteiger partial charge in [0, 0.05) is 12.3 Å². The molecule has 1 aliphatic heterocycles. The zero-order valence-corrected chi connectivity index (χ0v) is 12.7. The maximum Gasteiger partial charge on any atom is 0.205 e. The molecule has 0 amide bonds. The molecule has 0 fully saturated rings. The first-order chi connectivity index (χ1) is 10.1. The van der Waals surface area contributed by atoms with Gasteiger partial charge in [0.2, 0.25) is 5.78 Å². The van der Waals surface area contributed by atoms with E-state index in [0.29, 0.717) is 23.8 Å². The number of carbonyl (C=O) groups is 1. The summed E-state index contributed by atoms with van der Waals surface area (Å²) >= 11 is 1.57. The molecule has 1 aromatic carbocycles. The van der Waals surface area contributed by atoms with Gasteiger partial charge in [-0.25, -0.2) is 0 Å². The summed E-state index contributed by atoms with van der Waals surface area (Å²) in [5.41, 5.74) is 2.18. The summed E-state index contributed by atoms with van der Waals surface area (Å²) in [6.45, 7) is 4.38. The molecule has 1 heterocycles. The Hall–Kier alpha value is -2.01. The molecule has 0 spiro atoms. The molecular weight excluding hydrogens is 286 g/mol. The summed E-state index contributed by atoms with van der Waals surface area (Å²) in [4.78, 5) is 17.1. The van der Waals surface area contributed by atoms with E-state index in [9.17, 15) is 9.90 Å². The van der Waals surface area contributed by atoms with Gasteiger partial charge in [0.25, 0.3) is 0 Å². The minimum Gasteiger partial charge on any atom is -0.504 e. The highest BCUT2D eigenvalue weighted by molar-refractivity contribution is 8.04. The molecule has 0 unspecified atom stereocenters. The Morgan fingerprint density at radius 1 is 1.33 bits per heavy atom. The number of carbonyl (C=O) groups excluding carboxylic acids is 1. The summed E-state index contributed by atoms with van der Waals surface area (Å²) in [5, 5.41) is 9.99. The minimum absolute atomic E-state index is 0.0739. The van der Waals surface area contributed by atoms with Crippen LogP contribution in [0.2, 0.25) is 0 Å². The van der Waals surface area contributed by atoms with Crippen LogP contribution in [0.4, 0.5) is 0 Å². The van der Waals surface area contributed by atoms with E-state index >= 15 is 0 Å². The molecule has 108 valence electrons. The van der Waals surface area contributed by atoms with Crippen LogP contribution in [0.1, 0.15) is 12.5 Å². The zero-order valence-electron chi connectivity index (χ0n) is 11.8. The van der Waals surface area contributed by atoms with E-state index in [2.05, 4.69) is 4.99 Å². The predicted octanol–water partition coefficient (Wildman–Crippen LogP) is 3.01. The summed E-state index contributed by atoms with van der Waals surface area (Å²) in [6.07, 6.45) is 1.54. The van der Waals surface area contributed by atoms with Gasteiger partial charge >= 0.3 is 0 Å². The fourth-order valence-corrected chi connectivity index (χ4v) is 3.29. The third kappa shape index (κ3) is 2.61. The molecule has 0 saturated heterocycles. The number of aliphatic imine (C=N–C) groups is 1. The van der Waals surface area contributed by atoms with Crippen LogP contribution < -0.4 is 4.74 Å². The van der Waals surface area contributed by atoms with Gasteiger partial charge in [-0.1, -0.05) is 6.07 Å². The number of hydrogen-bond acceptors (Lipinski definition) is 5. The van der Waals surface area contributed by atoms with E-state index in [4.69, 9.17) is 4.74 Å². The van der Waals surface area contributed by atoms with Gasteiger partial charge in [0.15, 0.2) is 11.5 Å². The molecule has 5 heteroatoms. The molecule has 0 bridgehead atoms. The fraction of sp³-hybridized carbons (Fsp3) is 0.250. The molecule has 1 aromatic rings. The third-order valence-corrected chi connectivity index (χ3v) is 4.35. The number of phenols is 1. The van der Waals surface area contributed by atoms with Crippen molar-refractivity contribution >= 4 is 23.3 Å². The first kappa shape index (κ1) is 13.9. The Morgan fingerprint density at radius 3 is 2.90 bits per heavy atom. The predicted molar refractivity (Wildman–Crippen MR) is 84.0 cm³/mol. The standard InChI is InChI=1S/C16H15NO3S/c1-9-3-4-13(11(18)7-9)20-15-10(2)8-12(19)14-16(15)21-6-5-17-14/h3-4,7-8,18H,5-6H2,1-2H3. The van der Waals surface area contributed by atoms with Crippen LogP contribution in [0.3, 0.4) is 0 Å². The molecule has 0 saturated carbocycles. The second-order valence-corrected chi connectivity index (χ2v) is 6.11. The third-order valence-electron chi connectivity index (χ3n) is 3.29. The number of hydrogen-bond donors (Lipinski definition) is 1. The van der Waals surface area contributed by atoms with Crippen LogP contribution in [0, 0.1) is 6.92 Å². The number of allylic oxidation sites excluding steroid dienone is 3. The highest BCUT2D eigenvalue weighted by Gasteiger charge is 2.29. The smallest absolute Gasteiger partial charge is 0.205 e. The van der Waals surface area contributed by atoms with E-state index in [1.165, 1.54) is 6.08 Å². The van der Waals surface area contributed by atoms with Gasteiger partial charge in [0.05, 0.1) is 4.91 Å². The highest BCUT2D eigenvalue weighted by Crippen LogP contribution is 2.36. The van der Waals surface area contributed by atoms with Crippen molar-refractivity contribution in [2.75, 3.05) is 12.3 Å². The van der Waals surface area contributed by atoms with Crippen molar-refractivity contribution in [2.24, 2.45) is 4.99 Å². The number of benzene rings is 1. The Balaban J connectivity index is 2.03. The second kappa shape index (κ2) is 5.41. The number of ether oxygens (including phenoxy) is 1. The summed E-state index contributed by atoms with van der Waals surface area (Å²) in [7, 11) is 0. The maximum atomic E-state index is 12.0. The second-order valence-electron chi connectivity index (χ2n) is 5.00. The average molecular weight is 301 g/mol. The Labute approximate surface area is 127 Å². The Bertz CT molecular complexity index is 716. The fourth-order valence-electron chi connectivity index (χ4n) is 2.27. The van der Waals surface area contributed by atoms with E-state index in [-0.39, 0.29) is 11.5 Å². The Kier molecular flexibility index (Phi) is 3.59. The molecule has 2 aliphatic rings. The van der Waals surface area contributed by atoms with Crippen molar-refractivity contribution in [1.82, 2.24) is 0 Å². The van der Waals surface area contributed by atoms with Gasteiger partial charge in [-0.2, -0.15) is 0 Å². The number of aromatic hydroxyl groups is 1. The summed E-state index contributed by atoms with van der Waals surface area (Å²) < 4.78 is 5.88. The van der Waals surface area contributed by atoms with Gasteiger partial charge in [0.1, 0.15) is 11.5 Å². The summed E-state index contributed by atoms with van der Waals surface area (Å²) in [6, 6.07) is 5.25. The van der Waals surface area contributed by atoms with Crippen molar-refractivity contribution in [3.05, 3.63) is 46.1 Å². The van der Waals surface area contributed by atoms with Gasteiger partial charge < -0.3 is 9.84 Å². The lowest BCUT2D eigenvalue weighted by atomic mass is 10.0. The SMILES string of the molecule is CC1=CC(=O)C2=NCCSC2=C1Oc1ccc(C)cc1O. The van der Waals surface area contributed by atoms with Crippen molar-refractivity contribution in [3.63, 3.8) is 0 Å². The van der Waals surface area contributed by atoms with Crippen LogP contribution in [0.5, 0.6) is 11.5 Å². The number of rotatable bonds is 2. The monoisotopic (exact) mass is 301 g/mol. The number of aryl methyl sites for hydroxylation is 1. The zero-order chi connectivity index (χ0) is 15.0. The molecular formula is C16H15NO3S. The maximum absolute atomic E-state index is 12.0. The van der Waals surface area contributed by atoms with Crippen molar-refractivity contribution in [3.8, 4) is 11.5 Å². The normalized spacial score (nSPS) is 18.1. The number of thioether (sulfide) groups is 1. The van der Waals surface area contributed by atoms with E-state index in [1.54, 1.807) is 23.9 Å². The molecule has 1 aliphatic carbocycles. The van der Waals surface area contributed by atoms with E-state index < -0.39 is 0 Å². The van der Waals surface area contributed by atoms with Gasteiger partial charge in [-0.3, -0.25) is 9.79 Å². The molecule has 0 aromatic heterocycles. The van der Waals surface area contributed by atoms with Crippen LogP contribution in [-0.4, -0.2) is 28.9 Å². The molecule has 21 heavy (non-hydrogen) atoms. The number of phenolic OH excluding ortho intramolecular Hbond substituents is 1. The van der Waals surface area contributed by atoms with E-state index in [0.717, 1.165) is 21.8 Å². The lowest BCUT2D eigenvalue weighted by Crippen LogP contribution is -2.25. The molecule has 0 radical (unpaired) electrons. The molecule has 3 rings (SSSR count). The van der Waals surface area contributed by atoms with Crippen molar-refractivity contribution in [1.29, 1.82) is 0 Å². The first-order valence-corrected chi connectivity index (χ1v) is 7.67. The first-order valence-electron chi connectivity index (χ1n) is 6.68. The minimum atomic E-state index is -0.0739.